The summed E-state index contributed by atoms with van der Waals surface area (Å²) in [6.07, 6.45) is 0. The number of ether oxygens (including phenoxy) is 8. The minimum Gasteiger partial charge on any atom is -0.502 e. The first-order valence-electron chi connectivity index (χ1n) is 15.8. The zero-order valence-electron chi connectivity index (χ0n) is 26.5. The number of hydrogen-bond donors (Lipinski definition) is 4. The van der Waals surface area contributed by atoms with E-state index in [9.17, 15) is 20.4 Å². The second-order valence-corrected chi connectivity index (χ2v) is 12.8. The Hall–Kier alpha value is -5.52. The maximum absolute atomic E-state index is 11.7. The molecule has 0 radical (unpaired) electrons. The third kappa shape index (κ3) is 3.71. The van der Waals surface area contributed by atoms with Gasteiger partial charge in [0.2, 0.25) is 50.2 Å². The molecule has 248 valence electrons. The molecule has 4 aromatic rings. The Bertz CT molecular complexity index is 1660. The highest BCUT2D eigenvalue weighted by molar-refractivity contribution is 5.72. The van der Waals surface area contributed by atoms with Gasteiger partial charge in [0, 0.05) is 68.2 Å². The van der Waals surface area contributed by atoms with E-state index in [1.165, 1.54) is 0 Å². The molecule has 0 atom stereocenters. The van der Waals surface area contributed by atoms with Crippen molar-refractivity contribution >= 4 is 0 Å². The second kappa shape index (κ2) is 9.99. The molecule has 0 unspecified atom stereocenters. The summed E-state index contributed by atoms with van der Waals surface area (Å²) in [5.41, 5.74) is 5.09. The predicted octanol–water partition coefficient (Wildman–Crippen LogP) is 6.34. The number of hydrogen-bond acceptors (Lipinski definition) is 12. The predicted molar refractivity (Wildman–Crippen MR) is 167 cm³/mol. The fraction of sp³-hybridized carbons (Fsp3) is 0.333. The summed E-state index contributed by atoms with van der Waals surface area (Å²) in [6.45, 7) is 6.43. The van der Waals surface area contributed by atoms with E-state index in [1.54, 1.807) is 0 Å². The molecule has 4 heterocycles. The quantitative estimate of drug-likeness (QED) is 0.167. The van der Waals surface area contributed by atoms with E-state index in [0.717, 1.165) is 0 Å². The van der Waals surface area contributed by atoms with Crippen molar-refractivity contribution in [1.29, 1.82) is 0 Å². The van der Waals surface area contributed by atoms with Gasteiger partial charge in [-0.2, -0.15) is 0 Å². The van der Waals surface area contributed by atoms with E-state index in [0.29, 0.717) is 44.5 Å². The number of phenols is 4. The van der Waals surface area contributed by atoms with Crippen LogP contribution in [0.15, 0.2) is 24.3 Å². The molecule has 1 aliphatic carbocycles. The molecule has 4 aromatic carbocycles. The molecular weight excluding hydrogens is 624 g/mol. The van der Waals surface area contributed by atoms with Crippen molar-refractivity contribution in [2.75, 3.05) is 27.2 Å². The van der Waals surface area contributed by atoms with Crippen LogP contribution in [0.1, 0.15) is 95.9 Å². The SMILES string of the molecule is CC1c2cc3c4c(O)c2OCOc2c1cc1c(c2O)OCOc2c(cc5c(c2O)OCOc2c(cc(c(c2O)OCO4)C3C)C5C)C1C. The van der Waals surface area contributed by atoms with Crippen LogP contribution in [0.2, 0.25) is 0 Å². The number of rotatable bonds is 0. The molecule has 0 spiro atoms. The Balaban J connectivity index is 1.43. The Kier molecular flexibility index (Phi) is 5.97. The lowest BCUT2D eigenvalue weighted by Gasteiger charge is -2.33. The van der Waals surface area contributed by atoms with Crippen molar-refractivity contribution in [3.05, 3.63) is 68.8 Å². The molecule has 4 aliphatic heterocycles. The Morgan fingerprint density at radius 3 is 0.625 bits per heavy atom. The zero-order valence-corrected chi connectivity index (χ0v) is 26.5. The fourth-order valence-electron chi connectivity index (χ4n) is 7.75. The summed E-state index contributed by atoms with van der Waals surface area (Å²) in [6, 6.07) is 7.70. The average molecular weight is 657 g/mol. The number of aromatic hydroxyl groups is 4. The molecule has 0 saturated carbocycles. The number of benzene rings is 4. The summed E-state index contributed by atoms with van der Waals surface area (Å²) >= 11 is 0. The van der Waals surface area contributed by atoms with Crippen LogP contribution in [0.5, 0.6) is 69.0 Å². The van der Waals surface area contributed by atoms with Gasteiger partial charge in [0.05, 0.1) is 0 Å². The molecule has 4 N–H and O–H groups in total. The first kappa shape index (κ1) is 28.7. The van der Waals surface area contributed by atoms with Crippen molar-refractivity contribution in [3.63, 3.8) is 0 Å². The minimum atomic E-state index is -0.470. The summed E-state index contributed by atoms with van der Waals surface area (Å²) in [7, 11) is 0. The van der Waals surface area contributed by atoms with E-state index >= 15 is 0 Å². The monoisotopic (exact) mass is 656 g/mol. The molecule has 0 saturated heterocycles. The van der Waals surface area contributed by atoms with Crippen molar-refractivity contribution in [2.45, 2.75) is 51.4 Å². The van der Waals surface area contributed by atoms with Gasteiger partial charge in [-0.05, 0) is 24.3 Å². The lowest BCUT2D eigenvalue weighted by Crippen LogP contribution is -2.21. The van der Waals surface area contributed by atoms with Crippen LogP contribution in [0, 0.1) is 0 Å². The summed E-state index contributed by atoms with van der Waals surface area (Å²) in [5, 5.41) is 46.8. The van der Waals surface area contributed by atoms with Crippen molar-refractivity contribution in [2.24, 2.45) is 0 Å². The smallest absolute Gasteiger partial charge is 0.231 e. The Labute approximate surface area is 274 Å². The highest BCUT2D eigenvalue weighted by atomic mass is 16.7. The maximum Gasteiger partial charge on any atom is 0.231 e. The van der Waals surface area contributed by atoms with Crippen molar-refractivity contribution in [3.8, 4) is 69.0 Å². The lowest BCUT2D eigenvalue weighted by molar-refractivity contribution is 0.0872. The van der Waals surface area contributed by atoms with E-state index in [4.69, 9.17) is 37.9 Å². The molecule has 9 rings (SSSR count). The van der Waals surface area contributed by atoms with E-state index in [-0.39, 0.29) is 96.2 Å². The van der Waals surface area contributed by atoms with Crippen molar-refractivity contribution < 1.29 is 58.3 Å². The number of phenolic OH excluding ortho intramolecular Hbond substituents is 4. The molecular formula is C36H32O12. The normalized spacial score (nSPS) is 22.2. The van der Waals surface area contributed by atoms with Crippen LogP contribution in [-0.4, -0.2) is 47.6 Å². The Morgan fingerprint density at radius 1 is 0.333 bits per heavy atom. The van der Waals surface area contributed by atoms with Crippen LogP contribution < -0.4 is 37.9 Å². The van der Waals surface area contributed by atoms with Crippen LogP contribution in [0.25, 0.3) is 0 Å². The van der Waals surface area contributed by atoms with Gasteiger partial charge in [0.1, 0.15) is 0 Å². The topological polar surface area (TPSA) is 155 Å². The Morgan fingerprint density at radius 2 is 0.479 bits per heavy atom. The third-order valence-corrected chi connectivity index (χ3v) is 10.4. The molecule has 12 nitrogen and oxygen atoms in total. The molecule has 0 fully saturated rings. The van der Waals surface area contributed by atoms with Gasteiger partial charge in [0.25, 0.3) is 0 Å². The van der Waals surface area contributed by atoms with Crippen LogP contribution >= 0.6 is 0 Å². The van der Waals surface area contributed by atoms with Gasteiger partial charge in [-0.3, -0.25) is 0 Å². The molecule has 5 aliphatic rings. The molecule has 12 heteroatoms. The third-order valence-electron chi connectivity index (χ3n) is 10.4. The molecule has 48 heavy (non-hydrogen) atoms. The van der Waals surface area contributed by atoms with E-state index in [2.05, 4.69) is 0 Å². The largest absolute Gasteiger partial charge is 0.502 e. The van der Waals surface area contributed by atoms with Crippen LogP contribution in [0.3, 0.4) is 0 Å². The van der Waals surface area contributed by atoms with Gasteiger partial charge in [-0.25, -0.2) is 0 Å². The first-order valence-corrected chi connectivity index (χ1v) is 15.8. The van der Waals surface area contributed by atoms with Crippen LogP contribution in [-0.2, 0) is 0 Å². The van der Waals surface area contributed by atoms with Gasteiger partial charge in [0.15, 0.2) is 46.0 Å². The minimum absolute atomic E-state index is 0.181. The first-order chi connectivity index (χ1) is 23.2. The summed E-state index contributed by atoms with van der Waals surface area (Å²) in [5.74, 6) is -1.28. The van der Waals surface area contributed by atoms with E-state index < -0.39 is 23.7 Å². The molecule has 0 amide bonds. The van der Waals surface area contributed by atoms with Gasteiger partial charge in [-0.15, -0.1) is 0 Å². The highest BCUT2D eigenvalue weighted by Crippen LogP contribution is 2.59. The second-order valence-electron chi connectivity index (χ2n) is 12.8. The zero-order chi connectivity index (χ0) is 33.2. The highest BCUT2D eigenvalue weighted by Gasteiger charge is 2.39. The summed E-state index contributed by atoms with van der Waals surface area (Å²) < 4.78 is 48.0. The van der Waals surface area contributed by atoms with Gasteiger partial charge >= 0.3 is 0 Å². The van der Waals surface area contributed by atoms with Crippen molar-refractivity contribution in [1.82, 2.24) is 0 Å². The average Bonchev–Trinajstić information content (AvgIpc) is 3.05. The molecule has 0 aromatic heterocycles. The molecule has 8 bridgehead atoms. The lowest BCUT2D eigenvalue weighted by atomic mass is 9.80. The van der Waals surface area contributed by atoms with Gasteiger partial charge < -0.3 is 58.3 Å². The maximum atomic E-state index is 11.7. The van der Waals surface area contributed by atoms with Gasteiger partial charge in [-0.1, -0.05) is 27.7 Å². The standard InChI is InChI=1S/C36H32O12/c1-13-17-5-19-14(2)21-7-23-16(4)24-8-22-15(3)20-6-18(13)30-26(38)32(20)44-11-46-34(22)28(40)36(24)48-12-47-35(23)27(39)33(21)45-10-43-31(19)25(37)29(17)41-9-42-30/h5-8,13-16,37-40H,9-12H2,1-4H3. The van der Waals surface area contributed by atoms with Crippen LogP contribution in [0.4, 0.5) is 0 Å². The van der Waals surface area contributed by atoms with E-state index in [1.807, 2.05) is 52.0 Å². The fourth-order valence-corrected chi connectivity index (χ4v) is 7.75. The summed E-state index contributed by atoms with van der Waals surface area (Å²) in [4.78, 5) is 0.